The second kappa shape index (κ2) is 7.85. The first kappa shape index (κ1) is 15.6. The smallest absolute Gasteiger partial charge is 0.251 e. The van der Waals surface area contributed by atoms with Crippen LogP contribution in [0.25, 0.3) is 0 Å². The van der Waals surface area contributed by atoms with Crippen LogP contribution in [-0.4, -0.2) is 19.0 Å². The number of carbonyl (C=O) groups excluding carboxylic acids is 1. The average Bonchev–Trinajstić information content (AvgIpc) is 2.53. The van der Waals surface area contributed by atoms with E-state index in [1.807, 2.05) is 25.1 Å². The van der Waals surface area contributed by atoms with Gasteiger partial charge in [0.2, 0.25) is 0 Å². The van der Waals surface area contributed by atoms with Gasteiger partial charge in [0.25, 0.3) is 5.91 Å². The van der Waals surface area contributed by atoms with Gasteiger partial charge in [-0.1, -0.05) is 37.2 Å². The molecule has 3 nitrogen and oxygen atoms in total. The number of nitrogens with one attached hydrogen (secondary N) is 1. The van der Waals surface area contributed by atoms with Gasteiger partial charge in [-0.05, 0) is 43.4 Å². The SMILES string of the molecule is Cc1ccc(C#CCN)cc1C(=O)NCC1CCCCC1. The summed E-state index contributed by atoms with van der Waals surface area (Å²) < 4.78 is 0. The van der Waals surface area contributed by atoms with Gasteiger partial charge < -0.3 is 11.1 Å². The molecule has 112 valence electrons. The number of rotatable bonds is 3. The molecule has 3 N–H and O–H groups in total. The van der Waals surface area contributed by atoms with E-state index in [0.29, 0.717) is 12.5 Å². The summed E-state index contributed by atoms with van der Waals surface area (Å²) in [6, 6.07) is 5.72. The maximum atomic E-state index is 12.4. The first-order valence-corrected chi connectivity index (χ1v) is 7.78. The number of benzene rings is 1. The fraction of sp³-hybridized carbons (Fsp3) is 0.500. The molecule has 0 bridgehead atoms. The largest absolute Gasteiger partial charge is 0.352 e. The predicted octanol–water partition coefficient (Wildman–Crippen LogP) is 2.62. The predicted molar refractivity (Wildman–Crippen MR) is 86.0 cm³/mol. The van der Waals surface area contributed by atoms with E-state index in [0.717, 1.165) is 23.2 Å². The molecule has 0 aliphatic heterocycles. The molecule has 0 heterocycles. The molecule has 1 amide bonds. The minimum absolute atomic E-state index is 0.00877. The van der Waals surface area contributed by atoms with Crippen molar-refractivity contribution >= 4 is 5.91 Å². The average molecular weight is 284 g/mol. The fourth-order valence-electron chi connectivity index (χ4n) is 2.82. The van der Waals surface area contributed by atoms with Crippen molar-refractivity contribution in [3.8, 4) is 11.8 Å². The summed E-state index contributed by atoms with van der Waals surface area (Å²) in [6.45, 7) is 3.07. The van der Waals surface area contributed by atoms with Crippen molar-refractivity contribution in [1.29, 1.82) is 0 Å². The third-order valence-electron chi connectivity index (χ3n) is 4.09. The summed E-state index contributed by atoms with van der Waals surface area (Å²) in [5, 5.41) is 3.08. The van der Waals surface area contributed by atoms with Crippen LogP contribution in [-0.2, 0) is 0 Å². The van der Waals surface area contributed by atoms with Crippen LogP contribution in [0, 0.1) is 24.7 Å². The van der Waals surface area contributed by atoms with Crippen molar-refractivity contribution in [2.24, 2.45) is 11.7 Å². The van der Waals surface area contributed by atoms with Gasteiger partial charge in [-0.2, -0.15) is 0 Å². The zero-order chi connectivity index (χ0) is 15.1. The Balaban J connectivity index is 2.00. The van der Waals surface area contributed by atoms with Crippen molar-refractivity contribution in [2.45, 2.75) is 39.0 Å². The Morgan fingerprint density at radius 1 is 1.33 bits per heavy atom. The number of aryl methyl sites for hydroxylation is 1. The van der Waals surface area contributed by atoms with Crippen LogP contribution in [0.1, 0.15) is 53.6 Å². The summed E-state index contributed by atoms with van der Waals surface area (Å²) in [4.78, 5) is 12.4. The highest BCUT2D eigenvalue weighted by atomic mass is 16.1. The quantitative estimate of drug-likeness (QED) is 0.838. The molecule has 1 aromatic carbocycles. The van der Waals surface area contributed by atoms with Crippen LogP contribution in [0.4, 0.5) is 0 Å². The van der Waals surface area contributed by atoms with Gasteiger partial charge in [0, 0.05) is 17.7 Å². The highest BCUT2D eigenvalue weighted by Crippen LogP contribution is 2.23. The summed E-state index contributed by atoms with van der Waals surface area (Å²) >= 11 is 0. The van der Waals surface area contributed by atoms with Gasteiger partial charge in [0.05, 0.1) is 6.54 Å². The minimum Gasteiger partial charge on any atom is -0.352 e. The molecule has 0 radical (unpaired) electrons. The molecule has 1 saturated carbocycles. The van der Waals surface area contributed by atoms with E-state index in [1.165, 1.54) is 32.1 Å². The molecular formula is C18H24N2O. The highest BCUT2D eigenvalue weighted by molar-refractivity contribution is 5.96. The lowest BCUT2D eigenvalue weighted by molar-refractivity contribution is 0.0943. The third-order valence-corrected chi connectivity index (χ3v) is 4.09. The summed E-state index contributed by atoms with van der Waals surface area (Å²) in [5.74, 6) is 6.45. The number of carbonyl (C=O) groups is 1. The maximum Gasteiger partial charge on any atom is 0.251 e. The fourth-order valence-corrected chi connectivity index (χ4v) is 2.82. The molecule has 0 saturated heterocycles. The van der Waals surface area contributed by atoms with E-state index < -0.39 is 0 Å². The second-order valence-corrected chi connectivity index (χ2v) is 5.75. The van der Waals surface area contributed by atoms with E-state index in [1.54, 1.807) is 0 Å². The Bertz CT molecular complexity index is 548. The molecule has 1 fully saturated rings. The molecule has 21 heavy (non-hydrogen) atoms. The van der Waals surface area contributed by atoms with Crippen LogP contribution in [0.2, 0.25) is 0 Å². The van der Waals surface area contributed by atoms with Gasteiger partial charge in [0.15, 0.2) is 0 Å². The zero-order valence-electron chi connectivity index (χ0n) is 12.7. The Morgan fingerprint density at radius 3 is 2.81 bits per heavy atom. The lowest BCUT2D eigenvalue weighted by Gasteiger charge is -2.21. The van der Waals surface area contributed by atoms with E-state index in [2.05, 4.69) is 17.2 Å². The van der Waals surface area contributed by atoms with Crippen molar-refractivity contribution in [2.75, 3.05) is 13.1 Å². The molecular weight excluding hydrogens is 260 g/mol. The van der Waals surface area contributed by atoms with Gasteiger partial charge in [-0.25, -0.2) is 0 Å². The second-order valence-electron chi connectivity index (χ2n) is 5.75. The summed E-state index contributed by atoms with van der Waals surface area (Å²) in [6.07, 6.45) is 6.40. The molecule has 2 rings (SSSR count). The van der Waals surface area contributed by atoms with E-state index in [4.69, 9.17) is 5.73 Å². The zero-order valence-corrected chi connectivity index (χ0v) is 12.7. The number of nitrogens with two attached hydrogens (primary N) is 1. The van der Waals surface area contributed by atoms with Gasteiger partial charge in [-0.3, -0.25) is 4.79 Å². The topological polar surface area (TPSA) is 55.1 Å². The standard InChI is InChI=1S/C18H24N2O/c1-14-9-10-15(8-5-11-19)12-17(14)18(21)20-13-16-6-3-2-4-7-16/h9-10,12,16H,2-4,6-7,11,13,19H2,1H3,(H,20,21). The van der Waals surface area contributed by atoms with Gasteiger partial charge >= 0.3 is 0 Å². The van der Waals surface area contributed by atoms with E-state index >= 15 is 0 Å². The van der Waals surface area contributed by atoms with Crippen molar-refractivity contribution in [1.82, 2.24) is 5.32 Å². The van der Waals surface area contributed by atoms with Crippen molar-refractivity contribution < 1.29 is 4.79 Å². The number of hydrogen-bond donors (Lipinski definition) is 2. The Labute approximate surface area is 127 Å². The first-order chi connectivity index (χ1) is 10.2. The lowest BCUT2D eigenvalue weighted by atomic mass is 9.89. The third kappa shape index (κ3) is 4.61. The molecule has 0 unspecified atom stereocenters. The Kier molecular flexibility index (Phi) is 5.83. The van der Waals surface area contributed by atoms with Gasteiger partial charge in [-0.15, -0.1) is 0 Å². The number of hydrogen-bond acceptors (Lipinski definition) is 2. The Morgan fingerprint density at radius 2 is 2.10 bits per heavy atom. The van der Waals surface area contributed by atoms with E-state index in [-0.39, 0.29) is 5.91 Å². The normalized spacial score (nSPS) is 15.1. The highest BCUT2D eigenvalue weighted by Gasteiger charge is 2.15. The molecule has 1 aliphatic rings. The number of amides is 1. The van der Waals surface area contributed by atoms with Crippen LogP contribution < -0.4 is 11.1 Å². The maximum absolute atomic E-state index is 12.4. The van der Waals surface area contributed by atoms with Crippen molar-refractivity contribution in [3.63, 3.8) is 0 Å². The first-order valence-electron chi connectivity index (χ1n) is 7.78. The van der Waals surface area contributed by atoms with Crippen LogP contribution >= 0.6 is 0 Å². The molecule has 1 aliphatic carbocycles. The van der Waals surface area contributed by atoms with Crippen LogP contribution in [0.5, 0.6) is 0 Å². The molecule has 0 spiro atoms. The molecule has 0 atom stereocenters. The molecule has 0 aromatic heterocycles. The van der Waals surface area contributed by atoms with Crippen LogP contribution in [0.15, 0.2) is 18.2 Å². The summed E-state index contributed by atoms with van der Waals surface area (Å²) in [7, 11) is 0. The summed E-state index contributed by atoms with van der Waals surface area (Å²) in [5.41, 5.74) is 7.92. The van der Waals surface area contributed by atoms with Crippen LogP contribution in [0.3, 0.4) is 0 Å². The van der Waals surface area contributed by atoms with Crippen molar-refractivity contribution in [3.05, 3.63) is 34.9 Å². The molecule has 1 aromatic rings. The lowest BCUT2D eigenvalue weighted by Crippen LogP contribution is -2.30. The van der Waals surface area contributed by atoms with Gasteiger partial charge in [0.1, 0.15) is 0 Å². The molecule has 3 heteroatoms. The van der Waals surface area contributed by atoms with E-state index in [9.17, 15) is 4.79 Å². The Hall–Kier alpha value is -1.79. The monoisotopic (exact) mass is 284 g/mol. The minimum atomic E-state index is 0.00877.